The second-order valence-corrected chi connectivity index (χ2v) is 6.19. The van der Waals surface area contributed by atoms with E-state index in [0.29, 0.717) is 18.8 Å². The lowest BCUT2D eigenvalue weighted by molar-refractivity contribution is -0.122. The summed E-state index contributed by atoms with van der Waals surface area (Å²) in [5.74, 6) is -0.0251. The van der Waals surface area contributed by atoms with Crippen molar-refractivity contribution in [1.82, 2.24) is 15.8 Å². The first-order valence-corrected chi connectivity index (χ1v) is 8.78. The van der Waals surface area contributed by atoms with Crippen molar-refractivity contribution in [2.45, 2.75) is 52.8 Å². The highest BCUT2D eigenvalue weighted by molar-refractivity contribution is 5.94. The van der Waals surface area contributed by atoms with Gasteiger partial charge in [-0.15, -0.1) is 0 Å². The quantitative estimate of drug-likeness (QED) is 0.891. The highest BCUT2D eigenvalue weighted by atomic mass is 16.5. The summed E-state index contributed by atoms with van der Waals surface area (Å²) in [5, 5.41) is 4.90. The van der Waals surface area contributed by atoms with Crippen LogP contribution >= 0.6 is 0 Å². The van der Waals surface area contributed by atoms with Crippen LogP contribution in [0.15, 0.2) is 36.0 Å². The van der Waals surface area contributed by atoms with Crippen molar-refractivity contribution in [3.63, 3.8) is 0 Å². The molecule has 5 heteroatoms. The molecule has 1 aromatic rings. The Bertz CT molecular complexity index is 581. The van der Waals surface area contributed by atoms with Crippen LogP contribution in [0, 0.1) is 6.92 Å². The molecule has 2 aliphatic heterocycles. The largest absolute Gasteiger partial charge is 0.377 e. The zero-order valence-corrected chi connectivity index (χ0v) is 15.3. The van der Waals surface area contributed by atoms with Crippen LogP contribution in [0.25, 0.3) is 0 Å². The standard InChI is InChI=1S/C17H23N3O2.C2H6/c1-11(2)22-10-14-9-18-17(21)16-8-15(19-20(14)16)13-6-4-12(3)5-7-13;1-2/h4-8,11,14-15,19H,9-10H2,1-3H3,(H,18,21);1-2H3. The van der Waals surface area contributed by atoms with Gasteiger partial charge in [0.05, 0.1) is 24.8 Å². The van der Waals surface area contributed by atoms with Crippen LogP contribution in [-0.4, -0.2) is 36.2 Å². The molecule has 0 radical (unpaired) electrons. The van der Waals surface area contributed by atoms with E-state index >= 15 is 0 Å². The first kappa shape index (κ1) is 18.5. The lowest BCUT2D eigenvalue weighted by atomic mass is 10.1. The number of piperazine rings is 1. The zero-order chi connectivity index (χ0) is 17.7. The summed E-state index contributed by atoms with van der Waals surface area (Å²) in [5.41, 5.74) is 6.51. The van der Waals surface area contributed by atoms with Crippen LogP contribution < -0.4 is 10.7 Å². The molecular weight excluding hydrogens is 302 g/mol. The molecular formula is C19H29N3O2. The van der Waals surface area contributed by atoms with E-state index < -0.39 is 0 Å². The van der Waals surface area contributed by atoms with Gasteiger partial charge in [-0.25, -0.2) is 5.43 Å². The monoisotopic (exact) mass is 331 g/mol. The van der Waals surface area contributed by atoms with Gasteiger partial charge in [0.1, 0.15) is 5.70 Å². The summed E-state index contributed by atoms with van der Waals surface area (Å²) in [6, 6.07) is 8.52. The Morgan fingerprint density at radius 1 is 1.25 bits per heavy atom. The number of hydrazine groups is 1. The van der Waals surface area contributed by atoms with Gasteiger partial charge in [0.2, 0.25) is 0 Å². The molecule has 3 rings (SSSR count). The molecule has 0 aromatic heterocycles. The van der Waals surface area contributed by atoms with Gasteiger partial charge in [-0.2, -0.15) is 0 Å². The highest BCUT2D eigenvalue weighted by Crippen LogP contribution is 2.28. The molecule has 0 saturated carbocycles. The van der Waals surface area contributed by atoms with Crippen LogP contribution in [0.2, 0.25) is 0 Å². The van der Waals surface area contributed by atoms with Gasteiger partial charge >= 0.3 is 0 Å². The van der Waals surface area contributed by atoms with Crippen molar-refractivity contribution in [1.29, 1.82) is 0 Å². The fourth-order valence-electron chi connectivity index (χ4n) is 2.76. The Labute approximate surface area is 145 Å². The molecule has 1 aromatic carbocycles. The Morgan fingerprint density at radius 2 is 1.92 bits per heavy atom. The Kier molecular flexibility index (Phi) is 6.40. The third-order valence-electron chi connectivity index (χ3n) is 4.02. The average Bonchev–Trinajstić information content (AvgIpc) is 3.03. The Morgan fingerprint density at radius 3 is 2.54 bits per heavy atom. The zero-order valence-electron chi connectivity index (χ0n) is 15.3. The number of hydrogen-bond donors (Lipinski definition) is 2. The second kappa shape index (κ2) is 8.31. The van der Waals surface area contributed by atoms with E-state index in [1.807, 2.05) is 38.8 Å². The summed E-state index contributed by atoms with van der Waals surface area (Å²) in [6.07, 6.45) is 2.17. The predicted octanol–water partition coefficient (Wildman–Crippen LogP) is 2.69. The number of nitrogens with one attached hydrogen (secondary N) is 2. The van der Waals surface area contributed by atoms with Crippen molar-refractivity contribution in [2.24, 2.45) is 0 Å². The van der Waals surface area contributed by atoms with E-state index in [1.165, 1.54) is 5.56 Å². The summed E-state index contributed by atoms with van der Waals surface area (Å²) in [6.45, 7) is 11.3. The van der Waals surface area contributed by atoms with E-state index in [0.717, 1.165) is 5.56 Å². The van der Waals surface area contributed by atoms with Gasteiger partial charge in [0, 0.05) is 6.54 Å². The SMILES string of the molecule is CC.Cc1ccc(C2C=C3C(=O)NCC(COC(C)C)N3N2)cc1. The number of amides is 1. The Balaban J connectivity index is 0.00000100. The molecule has 0 bridgehead atoms. The van der Waals surface area contributed by atoms with Gasteiger partial charge < -0.3 is 10.1 Å². The van der Waals surface area contributed by atoms with Gasteiger partial charge in [-0.3, -0.25) is 9.80 Å². The smallest absolute Gasteiger partial charge is 0.268 e. The number of ether oxygens (including phenoxy) is 1. The normalized spacial score (nSPS) is 22.5. The van der Waals surface area contributed by atoms with E-state index in [2.05, 4.69) is 41.9 Å². The molecule has 1 saturated heterocycles. The maximum atomic E-state index is 12.1. The summed E-state index contributed by atoms with van der Waals surface area (Å²) in [7, 11) is 0. The van der Waals surface area contributed by atoms with Crippen LogP contribution in [0.3, 0.4) is 0 Å². The molecule has 2 unspecified atom stereocenters. The topological polar surface area (TPSA) is 53.6 Å². The van der Waals surface area contributed by atoms with Crippen molar-refractivity contribution in [2.75, 3.05) is 13.2 Å². The first-order chi connectivity index (χ1) is 11.5. The van der Waals surface area contributed by atoms with E-state index in [4.69, 9.17) is 4.74 Å². The summed E-state index contributed by atoms with van der Waals surface area (Å²) in [4.78, 5) is 12.1. The first-order valence-electron chi connectivity index (χ1n) is 8.78. The number of carbonyl (C=O) groups excluding carboxylic acids is 1. The molecule has 2 atom stereocenters. The third-order valence-corrected chi connectivity index (χ3v) is 4.02. The molecule has 0 spiro atoms. The average molecular weight is 331 g/mol. The van der Waals surface area contributed by atoms with Crippen LogP contribution in [0.5, 0.6) is 0 Å². The molecule has 24 heavy (non-hydrogen) atoms. The molecule has 2 heterocycles. The molecule has 0 aliphatic carbocycles. The number of aryl methyl sites for hydroxylation is 1. The highest BCUT2D eigenvalue weighted by Gasteiger charge is 2.37. The maximum Gasteiger partial charge on any atom is 0.268 e. The Hall–Kier alpha value is -1.85. The van der Waals surface area contributed by atoms with E-state index in [-0.39, 0.29) is 24.1 Å². The minimum Gasteiger partial charge on any atom is -0.377 e. The number of benzene rings is 1. The number of nitrogens with zero attached hydrogens (tertiary/aromatic N) is 1. The van der Waals surface area contributed by atoms with Gasteiger partial charge in [0.25, 0.3) is 5.91 Å². The third kappa shape index (κ3) is 4.16. The molecule has 1 amide bonds. The molecule has 5 nitrogen and oxygen atoms in total. The molecule has 1 fully saturated rings. The van der Waals surface area contributed by atoms with E-state index in [1.54, 1.807) is 0 Å². The number of hydrogen-bond acceptors (Lipinski definition) is 4. The van der Waals surface area contributed by atoms with Crippen LogP contribution in [0.1, 0.15) is 44.9 Å². The molecule has 132 valence electrons. The number of fused-ring (bicyclic) bond motifs is 1. The summed E-state index contributed by atoms with van der Waals surface area (Å²) >= 11 is 0. The van der Waals surface area contributed by atoms with E-state index in [9.17, 15) is 4.79 Å². The molecule has 2 N–H and O–H groups in total. The second-order valence-electron chi connectivity index (χ2n) is 6.19. The number of carbonyl (C=O) groups is 1. The van der Waals surface area contributed by atoms with Gasteiger partial charge in [-0.1, -0.05) is 43.7 Å². The molecule has 2 aliphatic rings. The van der Waals surface area contributed by atoms with Crippen molar-refractivity contribution >= 4 is 5.91 Å². The number of rotatable bonds is 4. The van der Waals surface area contributed by atoms with Crippen molar-refractivity contribution in [3.8, 4) is 0 Å². The lowest BCUT2D eigenvalue weighted by Gasteiger charge is -2.36. The predicted molar refractivity (Wildman–Crippen MR) is 96.2 cm³/mol. The van der Waals surface area contributed by atoms with Crippen molar-refractivity contribution in [3.05, 3.63) is 47.2 Å². The van der Waals surface area contributed by atoms with Crippen LogP contribution in [0.4, 0.5) is 0 Å². The van der Waals surface area contributed by atoms with Gasteiger partial charge in [0.15, 0.2) is 0 Å². The maximum absolute atomic E-state index is 12.1. The van der Waals surface area contributed by atoms with Crippen LogP contribution in [-0.2, 0) is 9.53 Å². The van der Waals surface area contributed by atoms with Gasteiger partial charge in [-0.05, 0) is 32.4 Å². The lowest BCUT2D eigenvalue weighted by Crippen LogP contribution is -2.57. The fourth-order valence-corrected chi connectivity index (χ4v) is 2.76. The summed E-state index contributed by atoms with van der Waals surface area (Å²) < 4.78 is 5.72. The van der Waals surface area contributed by atoms with Crippen molar-refractivity contribution < 1.29 is 9.53 Å². The minimum atomic E-state index is -0.0251. The minimum absolute atomic E-state index is 0.0251. The fraction of sp³-hybridized carbons (Fsp3) is 0.526.